The van der Waals surface area contributed by atoms with E-state index in [0.29, 0.717) is 60.1 Å². The van der Waals surface area contributed by atoms with E-state index >= 15 is 0 Å². The number of hydrogen-bond acceptors (Lipinski definition) is 8. The molecule has 4 atom stereocenters. The molecule has 0 aliphatic carbocycles. The van der Waals surface area contributed by atoms with Crippen molar-refractivity contribution in [3.05, 3.63) is 118 Å². The summed E-state index contributed by atoms with van der Waals surface area (Å²) in [6.45, 7) is 1.20. The molecule has 8 heteroatoms. The summed E-state index contributed by atoms with van der Waals surface area (Å²) >= 11 is 0. The van der Waals surface area contributed by atoms with Gasteiger partial charge in [0.15, 0.2) is 34.6 Å². The zero-order valence-electron chi connectivity index (χ0n) is 26.6. The zero-order valence-corrected chi connectivity index (χ0v) is 26.6. The number of hydrogen-bond donors (Lipinski definition) is 0. The highest BCUT2D eigenvalue weighted by Crippen LogP contribution is 2.52. The van der Waals surface area contributed by atoms with E-state index in [2.05, 4.69) is 9.80 Å². The van der Waals surface area contributed by atoms with Crippen molar-refractivity contribution in [3.63, 3.8) is 0 Å². The molecule has 1 saturated heterocycles. The summed E-state index contributed by atoms with van der Waals surface area (Å²) in [5.74, 6) is 2.56. The molecule has 0 saturated carbocycles. The molecule has 0 unspecified atom stereocenters. The fourth-order valence-corrected chi connectivity index (χ4v) is 7.82. The van der Waals surface area contributed by atoms with Gasteiger partial charge in [-0.3, -0.25) is 19.4 Å². The maximum atomic E-state index is 14.8. The third-order valence-corrected chi connectivity index (χ3v) is 9.89. The summed E-state index contributed by atoms with van der Waals surface area (Å²) in [5.41, 5.74) is 5.45. The summed E-state index contributed by atoms with van der Waals surface area (Å²) in [6.07, 6.45) is 1.39. The van der Waals surface area contributed by atoms with Gasteiger partial charge in [-0.05, 0) is 59.4 Å². The van der Waals surface area contributed by atoms with E-state index in [-0.39, 0.29) is 11.6 Å². The minimum Gasteiger partial charge on any atom is -0.493 e. The second-order valence-corrected chi connectivity index (χ2v) is 12.0. The van der Waals surface area contributed by atoms with Gasteiger partial charge in [-0.2, -0.15) is 0 Å². The Hall–Kier alpha value is -4.66. The average molecular weight is 619 g/mol. The summed E-state index contributed by atoms with van der Waals surface area (Å²) in [6, 6.07) is 25.1. The minimum absolute atomic E-state index is 0.0257. The van der Waals surface area contributed by atoms with E-state index in [1.54, 1.807) is 28.4 Å². The monoisotopic (exact) mass is 618 g/mol. The molecule has 0 spiro atoms. The van der Waals surface area contributed by atoms with Gasteiger partial charge < -0.3 is 18.9 Å². The quantitative estimate of drug-likeness (QED) is 0.232. The van der Waals surface area contributed by atoms with Crippen LogP contribution in [0.3, 0.4) is 0 Å². The first-order chi connectivity index (χ1) is 22.5. The molecule has 4 aromatic carbocycles. The van der Waals surface area contributed by atoms with Crippen LogP contribution < -0.4 is 18.9 Å². The second-order valence-electron chi connectivity index (χ2n) is 12.0. The van der Waals surface area contributed by atoms with E-state index in [1.165, 1.54) is 0 Å². The SMILES string of the molecule is COc1cc2c(cc1OC)[C@@H]1[C@@H](C(=O)c3ccccc3)N3CCc4cc(OC)c(OC)cc4[C@@H]3[C@@H](C(=O)c3ccccc3)N1CC2. The topological polar surface area (TPSA) is 77.5 Å². The third-order valence-electron chi connectivity index (χ3n) is 9.89. The van der Waals surface area contributed by atoms with E-state index in [9.17, 15) is 9.59 Å². The van der Waals surface area contributed by atoms with Gasteiger partial charge in [0.2, 0.25) is 0 Å². The van der Waals surface area contributed by atoms with Crippen LogP contribution in [0.2, 0.25) is 0 Å². The average Bonchev–Trinajstić information content (AvgIpc) is 3.12. The van der Waals surface area contributed by atoms with Gasteiger partial charge in [-0.15, -0.1) is 0 Å². The number of ether oxygens (including phenoxy) is 4. The number of Topliss-reactive ketones (excluding diaryl/α,β-unsaturated/α-hetero) is 2. The predicted octanol–water partition coefficient (Wildman–Crippen LogP) is 5.74. The van der Waals surface area contributed by atoms with Gasteiger partial charge in [0.25, 0.3) is 0 Å². The molecule has 4 aromatic rings. The molecule has 0 radical (unpaired) electrons. The Morgan fingerprint density at radius 3 is 1.24 bits per heavy atom. The number of benzene rings is 4. The van der Waals surface area contributed by atoms with Crippen LogP contribution in [0.1, 0.15) is 55.1 Å². The highest BCUT2D eigenvalue weighted by molar-refractivity contribution is 6.03. The second kappa shape index (κ2) is 12.3. The van der Waals surface area contributed by atoms with Crippen LogP contribution >= 0.6 is 0 Å². The van der Waals surface area contributed by atoms with E-state index in [0.717, 1.165) is 22.3 Å². The van der Waals surface area contributed by atoms with Gasteiger partial charge >= 0.3 is 0 Å². The van der Waals surface area contributed by atoms with E-state index < -0.39 is 24.2 Å². The molecule has 1 fully saturated rings. The molecule has 236 valence electrons. The number of methoxy groups -OCH3 is 4. The molecule has 46 heavy (non-hydrogen) atoms. The number of piperazine rings is 1. The molecule has 3 heterocycles. The van der Waals surface area contributed by atoms with Crippen LogP contribution in [0.4, 0.5) is 0 Å². The van der Waals surface area contributed by atoms with Crippen LogP contribution in [0.5, 0.6) is 23.0 Å². The summed E-state index contributed by atoms with van der Waals surface area (Å²) in [7, 11) is 6.52. The van der Waals surface area contributed by atoms with Gasteiger partial charge in [0.1, 0.15) is 0 Å². The first-order valence-electron chi connectivity index (χ1n) is 15.7. The van der Waals surface area contributed by atoms with Crippen molar-refractivity contribution in [1.29, 1.82) is 0 Å². The number of carbonyl (C=O) groups is 2. The van der Waals surface area contributed by atoms with Crippen LogP contribution in [-0.2, 0) is 12.8 Å². The normalized spacial score (nSPS) is 22.0. The van der Waals surface area contributed by atoms with E-state index in [4.69, 9.17) is 18.9 Å². The Morgan fingerprint density at radius 2 is 0.891 bits per heavy atom. The number of carbonyl (C=O) groups excluding carboxylic acids is 2. The molecule has 3 aliphatic rings. The Kier molecular flexibility index (Phi) is 8.01. The molecule has 3 aliphatic heterocycles. The molecule has 0 N–H and O–H groups in total. The molecule has 0 amide bonds. The highest BCUT2D eigenvalue weighted by Gasteiger charge is 2.56. The molecule has 0 bridgehead atoms. The van der Waals surface area contributed by atoms with Crippen LogP contribution in [0.15, 0.2) is 84.9 Å². The maximum Gasteiger partial charge on any atom is 0.181 e. The van der Waals surface area contributed by atoms with Crippen molar-refractivity contribution >= 4 is 11.6 Å². The lowest BCUT2D eigenvalue weighted by atomic mass is 9.73. The Bertz CT molecular complexity index is 1640. The van der Waals surface area contributed by atoms with Crippen molar-refractivity contribution < 1.29 is 28.5 Å². The minimum atomic E-state index is -0.564. The van der Waals surface area contributed by atoms with E-state index in [1.807, 2.05) is 84.9 Å². The van der Waals surface area contributed by atoms with Crippen molar-refractivity contribution in [2.45, 2.75) is 37.0 Å². The van der Waals surface area contributed by atoms with Crippen LogP contribution in [0.25, 0.3) is 0 Å². The fraction of sp³-hybridized carbons (Fsp3) is 0.316. The number of rotatable bonds is 8. The lowest BCUT2D eigenvalue weighted by Gasteiger charge is -2.58. The summed E-state index contributed by atoms with van der Waals surface area (Å²) in [4.78, 5) is 34.2. The molecular formula is C38H38N2O6. The Labute approximate surface area is 269 Å². The Balaban J connectivity index is 1.48. The van der Waals surface area contributed by atoms with Gasteiger partial charge in [0, 0.05) is 24.2 Å². The Morgan fingerprint density at radius 1 is 0.543 bits per heavy atom. The first kappa shape index (κ1) is 30.0. The molecule has 8 nitrogen and oxygen atoms in total. The fourth-order valence-electron chi connectivity index (χ4n) is 7.82. The van der Waals surface area contributed by atoms with Gasteiger partial charge in [-0.1, -0.05) is 60.7 Å². The number of nitrogens with zero attached hydrogens (tertiary/aromatic N) is 2. The van der Waals surface area contributed by atoms with Gasteiger partial charge in [-0.25, -0.2) is 0 Å². The summed E-state index contributed by atoms with van der Waals surface area (Å²) < 4.78 is 22.9. The van der Waals surface area contributed by atoms with Crippen molar-refractivity contribution in [2.24, 2.45) is 0 Å². The largest absolute Gasteiger partial charge is 0.493 e. The van der Waals surface area contributed by atoms with Crippen molar-refractivity contribution in [1.82, 2.24) is 9.80 Å². The molecule has 7 rings (SSSR count). The van der Waals surface area contributed by atoms with Crippen LogP contribution in [0, 0.1) is 0 Å². The lowest BCUT2D eigenvalue weighted by Crippen LogP contribution is -2.67. The molecule has 0 aromatic heterocycles. The smallest absolute Gasteiger partial charge is 0.181 e. The maximum absolute atomic E-state index is 14.8. The predicted molar refractivity (Wildman–Crippen MR) is 175 cm³/mol. The number of ketones is 2. The lowest BCUT2D eigenvalue weighted by molar-refractivity contribution is -0.0544. The van der Waals surface area contributed by atoms with Crippen LogP contribution in [-0.4, -0.2) is 75.0 Å². The zero-order chi connectivity index (χ0) is 31.9. The molecular weight excluding hydrogens is 580 g/mol. The number of fused-ring (bicyclic) bond motifs is 6. The third kappa shape index (κ3) is 4.84. The highest BCUT2D eigenvalue weighted by atomic mass is 16.5. The summed E-state index contributed by atoms with van der Waals surface area (Å²) in [5, 5.41) is 0. The standard InChI is InChI=1S/C38H38N2O6/c1-43-29-19-25-15-17-39-33(27(25)21-31(29)45-3)35(37(41)23-11-7-5-8-12-23)40-18-16-26-20-30(44-2)32(46-4)22-28(26)34(40)36(39)38(42)24-13-9-6-10-14-24/h5-14,19-22,33-36H,15-18H2,1-4H3/t33-,34-,35+,36+/m1/s1. The first-order valence-corrected chi connectivity index (χ1v) is 15.7. The van der Waals surface area contributed by atoms with Crippen molar-refractivity contribution in [2.75, 3.05) is 41.5 Å². The van der Waals surface area contributed by atoms with Crippen molar-refractivity contribution in [3.8, 4) is 23.0 Å². The van der Waals surface area contributed by atoms with Gasteiger partial charge in [0.05, 0.1) is 52.6 Å².